The van der Waals surface area contributed by atoms with Crippen molar-refractivity contribution < 1.29 is 14.4 Å². The van der Waals surface area contributed by atoms with Crippen LogP contribution in [0.2, 0.25) is 5.02 Å². The molecular weight excluding hydrogens is 475 g/mol. The Morgan fingerprint density at radius 2 is 1.91 bits per heavy atom. The Hall–Kier alpha value is -2.27. The van der Waals surface area contributed by atoms with Crippen molar-refractivity contribution in [1.82, 2.24) is 25.5 Å². The molecule has 3 N–H and O–H groups in total. The van der Waals surface area contributed by atoms with Gasteiger partial charge in [0.15, 0.2) is 5.01 Å². The van der Waals surface area contributed by atoms with E-state index >= 15 is 0 Å². The summed E-state index contributed by atoms with van der Waals surface area (Å²) in [7, 11) is 2.05. The van der Waals surface area contributed by atoms with Crippen LogP contribution in [-0.2, 0) is 22.6 Å². The zero-order chi connectivity index (χ0) is 22.0. The predicted molar refractivity (Wildman–Crippen MR) is 124 cm³/mol. The maximum absolute atomic E-state index is 12.7. The van der Waals surface area contributed by atoms with Gasteiger partial charge >= 0.3 is 11.8 Å². The smallest absolute Gasteiger partial charge is 0.314 e. The summed E-state index contributed by atoms with van der Waals surface area (Å²) in [6.07, 6.45) is 4.48. The number of hydrogen-bond acceptors (Lipinski definition) is 7. The lowest BCUT2D eigenvalue weighted by molar-refractivity contribution is -0.136. The number of pyridine rings is 1. The first-order chi connectivity index (χ1) is 14.9. The number of nitrogens with zero attached hydrogens (tertiary/aromatic N) is 3. The van der Waals surface area contributed by atoms with Crippen molar-refractivity contribution >= 4 is 58.9 Å². The van der Waals surface area contributed by atoms with Crippen LogP contribution in [0.25, 0.3) is 0 Å². The van der Waals surface area contributed by atoms with E-state index in [1.165, 1.54) is 23.6 Å². The second-order valence-corrected chi connectivity index (χ2v) is 9.30. The number of aromatic nitrogens is 2. The van der Waals surface area contributed by atoms with Crippen LogP contribution in [0.4, 0.5) is 5.82 Å². The number of nitrogens with one attached hydrogen (secondary N) is 3. The molecule has 3 heterocycles. The average Bonchev–Trinajstić information content (AvgIpc) is 3.36. The zero-order valence-corrected chi connectivity index (χ0v) is 19.8. The number of carbonyl (C=O) groups excluding carboxylic acids is 3. The highest BCUT2D eigenvalue weighted by molar-refractivity contribution is 7.13. The molecule has 0 spiro atoms. The molecule has 172 valence electrons. The molecule has 2 atom stereocenters. The van der Waals surface area contributed by atoms with Crippen molar-refractivity contribution in [2.45, 2.75) is 44.3 Å². The van der Waals surface area contributed by atoms with Crippen molar-refractivity contribution in [2.24, 2.45) is 0 Å². The Bertz CT molecular complexity index is 1000. The number of anilines is 1. The van der Waals surface area contributed by atoms with E-state index in [-0.39, 0.29) is 36.2 Å². The molecule has 0 bridgehead atoms. The molecule has 1 saturated carbocycles. The Balaban J connectivity index is 0.00000289. The fraction of sp³-hybridized carbons (Fsp3) is 0.450. The highest BCUT2D eigenvalue weighted by atomic mass is 35.5. The van der Waals surface area contributed by atoms with E-state index in [0.29, 0.717) is 16.5 Å². The molecule has 0 unspecified atom stereocenters. The molecule has 12 heteroatoms. The molecule has 1 aliphatic heterocycles. The molecular formula is C20H24Cl2N6O3S. The molecule has 32 heavy (non-hydrogen) atoms. The van der Waals surface area contributed by atoms with Crippen molar-refractivity contribution in [3.63, 3.8) is 0 Å². The third-order valence-corrected chi connectivity index (χ3v) is 6.75. The van der Waals surface area contributed by atoms with Gasteiger partial charge in [-0.15, -0.1) is 23.7 Å². The maximum atomic E-state index is 12.7. The van der Waals surface area contributed by atoms with Gasteiger partial charge in [0.25, 0.3) is 5.91 Å². The minimum Gasteiger partial charge on any atom is -0.345 e. The van der Waals surface area contributed by atoms with Crippen LogP contribution in [0.1, 0.15) is 39.6 Å². The second kappa shape index (κ2) is 10.6. The van der Waals surface area contributed by atoms with Crippen LogP contribution in [0.5, 0.6) is 0 Å². The Morgan fingerprint density at radius 3 is 2.62 bits per heavy atom. The summed E-state index contributed by atoms with van der Waals surface area (Å²) in [5.41, 5.74) is 0.997. The summed E-state index contributed by atoms with van der Waals surface area (Å²) in [6, 6.07) is 2.51. The first-order valence-corrected chi connectivity index (χ1v) is 11.3. The number of fused-ring (bicyclic) bond motifs is 1. The van der Waals surface area contributed by atoms with Gasteiger partial charge in [-0.25, -0.2) is 9.97 Å². The number of carbonyl (C=O) groups is 3. The van der Waals surface area contributed by atoms with Gasteiger partial charge in [0.2, 0.25) is 0 Å². The topological polar surface area (TPSA) is 116 Å². The standard InChI is InChI=1S/C20H23ClN6O3S.ClH/c1-27-8-7-14-15(10-27)31-20(25-14)19(30)24-13-4-2-3-12(13)23-17(28)18(29)26-16-6-5-11(21)9-22-16;/h5-6,9,12-13H,2-4,7-8,10H2,1H3,(H,23,28)(H,24,30)(H,22,26,29);1H/t12-,13-;/m1./s1. The van der Waals surface area contributed by atoms with E-state index in [1.54, 1.807) is 6.07 Å². The van der Waals surface area contributed by atoms with Crippen molar-refractivity contribution in [2.75, 3.05) is 18.9 Å². The van der Waals surface area contributed by atoms with Gasteiger partial charge in [0, 0.05) is 42.7 Å². The molecule has 3 amide bonds. The van der Waals surface area contributed by atoms with Gasteiger partial charge < -0.3 is 20.9 Å². The third-order valence-electron chi connectivity index (χ3n) is 5.44. The fourth-order valence-electron chi connectivity index (χ4n) is 3.81. The van der Waals surface area contributed by atoms with Gasteiger partial charge in [0.1, 0.15) is 5.82 Å². The van der Waals surface area contributed by atoms with Crippen molar-refractivity contribution in [3.05, 3.63) is 38.9 Å². The van der Waals surface area contributed by atoms with E-state index in [9.17, 15) is 14.4 Å². The first kappa shape index (κ1) is 24.4. The highest BCUT2D eigenvalue weighted by Crippen LogP contribution is 2.25. The fourth-order valence-corrected chi connectivity index (χ4v) is 5.02. The molecule has 9 nitrogen and oxygen atoms in total. The van der Waals surface area contributed by atoms with E-state index in [0.717, 1.165) is 42.9 Å². The Labute approximate surface area is 200 Å². The lowest BCUT2D eigenvalue weighted by atomic mass is 10.1. The Kier molecular flexibility index (Phi) is 8.05. The molecule has 2 aliphatic rings. The molecule has 2 aromatic heterocycles. The molecule has 0 saturated heterocycles. The average molecular weight is 499 g/mol. The predicted octanol–water partition coefficient (Wildman–Crippen LogP) is 2.01. The second-order valence-electron chi connectivity index (χ2n) is 7.78. The quantitative estimate of drug-likeness (QED) is 0.555. The third kappa shape index (κ3) is 5.74. The molecule has 1 fully saturated rings. The lowest BCUT2D eigenvalue weighted by Gasteiger charge is -2.21. The number of thiazole rings is 1. The van der Waals surface area contributed by atoms with E-state index in [1.807, 2.05) is 7.05 Å². The van der Waals surface area contributed by atoms with Crippen LogP contribution in [-0.4, -0.2) is 58.3 Å². The largest absolute Gasteiger partial charge is 0.345 e. The summed E-state index contributed by atoms with van der Waals surface area (Å²) in [5, 5.41) is 9.03. The minimum atomic E-state index is -0.816. The van der Waals surface area contributed by atoms with E-state index < -0.39 is 11.8 Å². The number of hydrogen-bond donors (Lipinski definition) is 3. The number of amides is 3. The number of likely N-dealkylation sites (N-methyl/N-ethyl adjacent to an activating group) is 1. The maximum Gasteiger partial charge on any atom is 0.314 e. The summed E-state index contributed by atoms with van der Waals surface area (Å²) < 4.78 is 0. The van der Waals surface area contributed by atoms with Gasteiger partial charge in [-0.05, 0) is 38.4 Å². The van der Waals surface area contributed by atoms with Crippen LogP contribution >= 0.6 is 35.3 Å². The normalized spacial score (nSPS) is 20.1. The number of halogens is 2. The molecule has 1 aliphatic carbocycles. The summed E-state index contributed by atoms with van der Waals surface area (Å²) in [5.74, 6) is -1.58. The minimum absolute atomic E-state index is 0. The van der Waals surface area contributed by atoms with Crippen LogP contribution in [0, 0.1) is 0 Å². The van der Waals surface area contributed by atoms with E-state index in [2.05, 4.69) is 30.8 Å². The first-order valence-electron chi connectivity index (χ1n) is 10.1. The summed E-state index contributed by atoms with van der Waals surface area (Å²) >= 11 is 7.19. The lowest BCUT2D eigenvalue weighted by Crippen LogP contribution is -2.51. The monoisotopic (exact) mass is 498 g/mol. The SMILES string of the molecule is CN1CCc2nc(C(=O)N[C@@H]3CCC[C@H]3NC(=O)C(=O)Nc3ccc(Cl)cn3)sc2C1.Cl. The van der Waals surface area contributed by atoms with Gasteiger partial charge in [-0.2, -0.15) is 0 Å². The zero-order valence-electron chi connectivity index (χ0n) is 17.4. The van der Waals surface area contributed by atoms with Crippen LogP contribution < -0.4 is 16.0 Å². The van der Waals surface area contributed by atoms with Crippen molar-refractivity contribution in [3.8, 4) is 0 Å². The van der Waals surface area contributed by atoms with Gasteiger partial charge in [0.05, 0.1) is 10.7 Å². The van der Waals surface area contributed by atoms with Gasteiger partial charge in [-0.3, -0.25) is 14.4 Å². The van der Waals surface area contributed by atoms with Crippen LogP contribution in [0.3, 0.4) is 0 Å². The summed E-state index contributed by atoms with van der Waals surface area (Å²) in [6.45, 7) is 1.74. The molecule has 4 rings (SSSR count). The molecule has 0 aromatic carbocycles. The van der Waals surface area contributed by atoms with Crippen LogP contribution in [0.15, 0.2) is 18.3 Å². The number of rotatable bonds is 4. The Morgan fingerprint density at radius 1 is 1.16 bits per heavy atom. The molecule has 0 radical (unpaired) electrons. The highest BCUT2D eigenvalue weighted by Gasteiger charge is 2.32. The molecule has 2 aromatic rings. The summed E-state index contributed by atoms with van der Waals surface area (Å²) in [4.78, 5) is 49.0. The van der Waals surface area contributed by atoms with E-state index in [4.69, 9.17) is 11.6 Å². The van der Waals surface area contributed by atoms with Crippen molar-refractivity contribution in [1.29, 1.82) is 0 Å². The van der Waals surface area contributed by atoms with Gasteiger partial charge in [-0.1, -0.05) is 11.6 Å².